The fourth-order valence-corrected chi connectivity index (χ4v) is 2.32. The molecule has 1 heterocycles. The monoisotopic (exact) mass is 357 g/mol. The van der Waals surface area contributed by atoms with Gasteiger partial charge in [0.05, 0.1) is 22.8 Å². The third kappa shape index (κ3) is 5.27. The van der Waals surface area contributed by atoms with Gasteiger partial charge in [0, 0.05) is 18.2 Å². The van der Waals surface area contributed by atoms with E-state index in [1.54, 1.807) is 6.92 Å². The number of carbonyl (C=O) groups excluding carboxylic acids is 1. The van der Waals surface area contributed by atoms with Gasteiger partial charge in [0.15, 0.2) is 0 Å². The second kappa shape index (κ2) is 8.94. The number of aryl methyl sites for hydroxylation is 1. The van der Waals surface area contributed by atoms with Crippen LogP contribution in [0.15, 0.2) is 36.5 Å². The molecule has 0 aliphatic rings. The third-order valence-electron chi connectivity index (χ3n) is 3.89. The van der Waals surface area contributed by atoms with Crippen molar-refractivity contribution in [2.24, 2.45) is 5.92 Å². The lowest BCUT2D eigenvalue weighted by molar-refractivity contribution is -0.385. The Bertz CT molecular complexity index is 790. The lowest BCUT2D eigenvalue weighted by Crippen LogP contribution is -2.24. The van der Waals surface area contributed by atoms with Gasteiger partial charge in [0.1, 0.15) is 11.9 Å². The molecular weight excluding hydrogens is 334 g/mol. The molecule has 26 heavy (non-hydrogen) atoms. The Morgan fingerprint density at radius 3 is 2.77 bits per heavy atom. The molecule has 7 nitrogen and oxygen atoms in total. The molecule has 2 rings (SSSR count). The molecule has 0 saturated carbocycles. The number of ether oxygens (including phenoxy) is 1. The van der Waals surface area contributed by atoms with Crippen molar-refractivity contribution in [2.75, 3.05) is 6.61 Å². The van der Waals surface area contributed by atoms with Crippen molar-refractivity contribution in [2.45, 2.75) is 33.7 Å². The zero-order chi connectivity index (χ0) is 19.1. The molecule has 1 N–H and O–H groups in total. The van der Waals surface area contributed by atoms with Crippen LogP contribution in [0, 0.1) is 23.0 Å². The Balaban J connectivity index is 2.06. The maximum Gasteiger partial charge on any atom is 0.288 e. The first-order chi connectivity index (χ1) is 12.4. The largest absolute Gasteiger partial charge is 0.493 e. The van der Waals surface area contributed by atoms with Crippen LogP contribution in [0.1, 0.15) is 41.9 Å². The van der Waals surface area contributed by atoms with Crippen LogP contribution >= 0.6 is 0 Å². The Morgan fingerprint density at radius 2 is 2.08 bits per heavy atom. The first-order valence-electron chi connectivity index (χ1n) is 8.48. The number of para-hydroxylation sites is 1. The van der Waals surface area contributed by atoms with Gasteiger partial charge in [-0.05, 0) is 25.3 Å². The normalized spacial score (nSPS) is 10.6. The predicted molar refractivity (Wildman–Crippen MR) is 98.2 cm³/mol. The van der Waals surface area contributed by atoms with E-state index in [0.717, 1.165) is 23.9 Å². The maximum absolute atomic E-state index is 12.4. The quantitative estimate of drug-likeness (QED) is 0.575. The number of nitrogens with one attached hydrogen (secondary N) is 1. The highest BCUT2D eigenvalue weighted by atomic mass is 16.6. The smallest absolute Gasteiger partial charge is 0.288 e. The molecule has 1 aromatic carbocycles. The lowest BCUT2D eigenvalue weighted by Gasteiger charge is -2.13. The van der Waals surface area contributed by atoms with Gasteiger partial charge in [-0.25, -0.2) is 0 Å². The molecule has 0 unspecified atom stereocenters. The number of nitro groups is 1. The molecule has 0 bridgehead atoms. The number of amides is 1. The molecule has 0 atom stereocenters. The summed E-state index contributed by atoms with van der Waals surface area (Å²) in [5.74, 6) is 0.865. The highest BCUT2D eigenvalue weighted by molar-refractivity contribution is 5.95. The molecular formula is C19H23N3O4. The Kier molecular flexibility index (Phi) is 6.66. The van der Waals surface area contributed by atoms with Crippen molar-refractivity contribution in [3.05, 3.63) is 63.5 Å². The number of pyridine rings is 1. The van der Waals surface area contributed by atoms with Crippen LogP contribution in [0.3, 0.4) is 0 Å². The molecule has 0 spiro atoms. The van der Waals surface area contributed by atoms with Gasteiger partial charge in [-0.3, -0.25) is 19.9 Å². The summed E-state index contributed by atoms with van der Waals surface area (Å²) in [6, 6.07) is 8.73. The molecule has 0 aliphatic heterocycles. The Labute approximate surface area is 152 Å². The standard InChI is InChI=1S/C19H23N3O4/c1-13(2)8-9-26-18-7-5-4-6-15(18)11-21-19(23)17-10-16(22(24)25)12-20-14(17)3/h4-7,10,12-13H,8-9,11H2,1-3H3,(H,21,23). The maximum atomic E-state index is 12.4. The van der Waals surface area contributed by atoms with Crippen LogP contribution < -0.4 is 10.1 Å². The zero-order valence-electron chi connectivity index (χ0n) is 15.2. The van der Waals surface area contributed by atoms with Crippen molar-refractivity contribution in [3.8, 4) is 5.75 Å². The van der Waals surface area contributed by atoms with Crippen LogP contribution in [-0.2, 0) is 6.54 Å². The fourth-order valence-electron chi connectivity index (χ4n) is 2.32. The molecule has 0 fully saturated rings. The van der Waals surface area contributed by atoms with Crippen LogP contribution in [0.5, 0.6) is 5.75 Å². The van der Waals surface area contributed by atoms with Crippen LogP contribution in [0.25, 0.3) is 0 Å². The highest BCUT2D eigenvalue weighted by Crippen LogP contribution is 2.19. The minimum atomic E-state index is -0.568. The van der Waals surface area contributed by atoms with E-state index in [4.69, 9.17) is 4.74 Å². The predicted octanol–water partition coefficient (Wildman–Crippen LogP) is 3.65. The van der Waals surface area contributed by atoms with Crippen molar-refractivity contribution in [3.63, 3.8) is 0 Å². The summed E-state index contributed by atoms with van der Waals surface area (Å²) < 4.78 is 5.81. The first kappa shape index (κ1) is 19.4. The van der Waals surface area contributed by atoms with Crippen molar-refractivity contribution in [1.82, 2.24) is 10.3 Å². The molecule has 0 radical (unpaired) electrons. The van der Waals surface area contributed by atoms with E-state index >= 15 is 0 Å². The van der Waals surface area contributed by atoms with Gasteiger partial charge < -0.3 is 10.1 Å². The number of benzene rings is 1. The topological polar surface area (TPSA) is 94.4 Å². The minimum absolute atomic E-state index is 0.192. The van der Waals surface area contributed by atoms with Crippen LogP contribution in [-0.4, -0.2) is 22.4 Å². The first-order valence-corrected chi connectivity index (χ1v) is 8.48. The Hall–Kier alpha value is -2.96. The average Bonchev–Trinajstić information content (AvgIpc) is 2.60. The van der Waals surface area contributed by atoms with E-state index in [9.17, 15) is 14.9 Å². The van der Waals surface area contributed by atoms with Crippen LogP contribution in [0.4, 0.5) is 5.69 Å². The second-order valence-electron chi connectivity index (χ2n) is 6.40. The fraction of sp³-hybridized carbons (Fsp3) is 0.368. The third-order valence-corrected chi connectivity index (χ3v) is 3.89. The molecule has 2 aromatic rings. The molecule has 7 heteroatoms. The number of rotatable bonds is 8. The van der Waals surface area contributed by atoms with E-state index in [2.05, 4.69) is 24.1 Å². The van der Waals surface area contributed by atoms with Gasteiger partial charge >= 0.3 is 0 Å². The Morgan fingerprint density at radius 1 is 1.35 bits per heavy atom. The van der Waals surface area contributed by atoms with Crippen molar-refractivity contribution >= 4 is 11.6 Å². The lowest BCUT2D eigenvalue weighted by atomic mass is 10.1. The van der Waals surface area contributed by atoms with E-state index in [-0.39, 0.29) is 17.8 Å². The number of hydrogen-bond acceptors (Lipinski definition) is 5. The summed E-state index contributed by atoms with van der Waals surface area (Å²) in [6.07, 6.45) is 2.09. The molecule has 0 saturated heterocycles. The van der Waals surface area contributed by atoms with Gasteiger partial charge in [-0.15, -0.1) is 0 Å². The number of hydrogen-bond donors (Lipinski definition) is 1. The summed E-state index contributed by atoms with van der Waals surface area (Å²) in [4.78, 5) is 26.6. The molecule has 138 valence electrons. The highest BCUT2D eigenvalue weighted by Gasteiger charge is 2.16. The van der Waals surface area contributed by atoms with E-state index < -0.39 is 10.8 Å². The summed E-state index contributed by atoms with van der Waals surface area (Å²) >= 11 is 0. The molecule has 1 amide bonds. The summed E-state index contributed by atoms with van der Waals surface area (Å²) in [6.45, 7) is 6.77. The van der Waals surface area contributed by atoms with Gasteiger partial charge in [-0.2, -0.15) is 0 Å². The average molecular weight is 357 g/mol. The zero-order valence-corrected chi connectivity index (χ0v) is 15.2. The minimum Gasteiger partial charge on any atom is -0.493 e. The van der Waals surface area contributed by atoms with Gasteiger partial charge in [0.2, 0.25) is 0 Å². The van der Waals surface area contributed by atoms with Gasteiger partial charge in [0.25, 0.3) is 11.6 Å². The summed E-state index contributed by atoms with van der Waals surface area (Å²) in [7, 11) is 0. The van der Waals surface area contributed by atoms with Crippen LogP contribution in [0.2, 0.25) is 0 Å². The molecule has 0 aliphatic carbocycles. The van der Waals surface area contributed by atoms with Gasteiger partial charge in [-0.1, -0.05) is 32.0 Å². The number of carbonyl (C=O) groups is 1. The van der Waals surface area contributed by atoms with Crippen molar-refractivity contribution in [1.29, 1.82) is 0 Å². The summed E-state index contributed by atoms with van der Waals surface area (Å²) in [5.41, 5.74) is 1.27. The van der Waals surface area contributed by atoms with E-state index in [1.165, 1.54) is 6.07 Å². The SMILES string of the molecule is Cc1ncc([N+](=O)[O-])cc1C(=O)NCc1ccccc1OCCC(C)C. The summed E-state index contributed by atoms with van der Waals surface area (Å²) in [5, 5.41) is 13.7. The number of nitrogens with zero attached hydrogens (tertiary/aromatic N) is 2. The van der Waals surface area contributed by atoms with E-state index in [0.29, 0.717) is 18.2 Å². The molecule has 1 aromatic heterocycles. The number of aromatic nitrogens is 1. The van der Waals surface area contributed by atoms with E-state index in [1.807, 2.05) is 24.3 Å². The van der Waals surface area contributed by atoms with Crippen molar-refractivity contribution < 1.29 is 14.5 Å². The second-order valence-corrected chi connectivity index (χ2v) is 6.40.